The van der Waals surface area contributed by atoms with Crippen LogP contribution in [0.5, 0.6) is 0 Å². The number of nitrogens with zero attached hydrogens (tertiary/aromatic N) is 1. The molecule has 3 heteroatoms. The average molecular weight is 273 g/mol. The number of aliphatic hydroxyl groups excluding tert-OH is 1. The average Bonchev–Trinajstić information content (AvgIpc) is 2.99. The number of hydrogen-bond acceptors (Lipinski definition) is 3. The van der Waals surface area contributed by atoms with Crippen molar-refractivity contribution in [3.63, 3.8) is 0 Å². The Balaban J connectivity index is 1.93. The van der Waals surface area contributed by atoms with Gasteiger partial charge in [-0.25, -0.2) is 0 Å². The van der Waals surface area contributed by atoms with E-state index in [2.05, 4.69) is 18.7 Å². The number of furan rings is 1. The Hall–Kier alpha value is -1.58. The van der Waals surface area contributed by atoms with Crippen LogP contribution in [0.2, 0.25) is 0 Å². The summed E-state index contributed by atoms with van der Waals surface area (Å²) in [6, 6.07) is 13.7. The molecule has 0 radical (unpaired) electrons. The van der Waals surface area contributed by atoms with Crippen molar-refractivity contribution in [3.8, 4) is 0 Å². The normalized spacial score (nSPS) is 14.4. The van der Waals surface area contributed by atoms with Gasteiger partial charge in [0.05, 0.1) is 18.9 Å². The van der Waals surface area contributed by atoms with E-state index in [1.165, 1.54) is 0 Å². The molecule has 0 saturated carbocycles. The highest BCUT2D eigenvalue weighted by Crippen LogP contribution is 2.22. The van der Waals surface area contributed by atoms with Crippen LogP contribution < -0.4 is 0 Å². The van der Waals surface area contributed by atoms with Gasteiger partial charge in [0.1, 0.15) is 5.76 Å². The van der Waals surface area contributed by atoms with Crippen molar-refractivity contribution >= 4 is 0 Å². The molecule has 0 amide bonds. The molecule has 1 heterocycles. The van der Waals surface area contributed by atoms with Gasteiger partial charge in [-0.2, -0.15) is 0 Å². The first-order valence-corrected chi connectivity index (χ1v) is 7.18. The highest BCUT2D eigenvalue weighted by atomic mass is 16.3. The molecule has 0 aliphatic heterocycles. The van der Waals surface area contributed by atoms with E-state index in [-0.39, 0.29) is 5.92 Å². The Morgan fingerprint density at radius 2 is 1.90 bits per heavy atom. The Morgan fingerprint density at radius 1 is 1.15 bits per heavy atom. The minimum Gasteiger partial charge on any atom is -0.468 e. The smallest absolute Gasteiger partial charge is 0.117 e. The Morgan fingerprint density at radius 3 is 2.50 bits per heavy atom. The number of rotatable bonds is 7. The molecule has 2 unspecified atom stereocenters. The maximum atomic E-state index is 10.4. The van der Waals surface area contributed by atoms with Crippen molar-refractivity contribution in [1.29, 1.82) is 0 Å². The van der Waals surface area contributed by atoms with E-state index < -0.39 is 6.10 Å². The van der Waals surface area contributed by atoms with Gasteiger partial charge >= 0.3 is 0 Å². The lowest BCUT2D eigenvalue weighted by molar-refractivity contribution is 0.0854. The summed E-state index contributed by atoms with van der Waals surface area (Å²) < 4.78 is 5.39. The van der Waals surface area contributed by atoms with Gasteiger partial charge in [0.25, 0.3) is 0 Å². The lowest BCUT2D eigenvalue weighted by Gasteiger charge is -2.26. The lowest BCUT2D eigenvalue weighted by atomic mass is 9.97. The number of aliphatic hydroxyl groups is 1. The van der Waals surface area contributed by atoms with Crippen LogP contribution in [-0.4, -0.2) is 23.1 Å². The van der Waals surface area contributed by atoms with Crippen molar-refractivity contribution in [2.24, 2.45) is 5.92 Å². The molecule has 1 aromatic carbocycles. The predicted octanol–water partition coefficient (Wildman–Crippen LogP) is 3.47. The summed E-state index contributed by atoms with van der Waals surface area (Å²) in [4.78, 5) is 2.29. The van der Waals surface area contributed by atoms with Gasteiger partial charge in [0.2, 0.25) is 0 Å². The molecule has 2 aromatic rings. The SMILES string of the molecule is CCN(Cc1ccco1)CC(C)C(O)c1ccccc1. The fourth-order valence-corrected chi connectivity index (χ4v) is 2.41. The van der Waals surface area contributed by atoms with Crippen molar-refractivity contribution in [2.45, 2.75) is 26.5 Å². The molecular formula is C17H23NO2. The Bertz CT molecular complexity index is 481. The summed E-state index contributed by atoms with van der Waals surface area (Å²) in [7, 11) is 0. The predicted molar refractivity (Wildman–Crippen MR) is 80.2 cm³/mol. The zero-order valence-corrected chi connectivity index (χ0v) is 12.2. The molecule has 2 rings (SSSR count). The molecule has 0 aliphatic carbocycles. The summed E-state index contributed by atoms with van der Waals surface area (Å²) >= 11 is 0. The topological polar surface area (TPSA) is 36.6 Å². The molecule has 3 nitrogen and oxygen atoms in total. The summed E-state index contributed by atoms with van der Waals surface area (Å²) in [5, 5.41) is 10.4. The van der Waals surface area contributed by atoms with E-state index in [0.29, 0.717) is 0 Å². The zero-order valence-electron chi connectivity index (χ0n) is 12.2. The second-order valence-corrected chi connectivity index (χ2v) is 5.24. The molecule has 0 aliphatic rings. The van der Waals surface area contributed by atoms with Crippen LogP contribution in [0, 0.1) is 5.92 Å². The van der Waals surface area contributed by atoms with Crippen molar-refractivity contribution < 1.29 is 9.52 Å². The monoisotopic (exact) mass is 273 g/mol. The van der Waals surface area contributed by atoms with E-state index in [4.69, 9.17) is 4.42 Å². The maximum Gasteiger partial charge on any atom is 0.117 e. The quantitative estimate of drug-likeness (QED) is 0.839. The number of hydrogen-bond donors (Lipinski definition) is 1. The molecule has 0 fully saturated rings. The standard InChI is InChI=1S/C17H23NO2/c1-3-18(13-16-10-7-11-20-16)12-14(2)17(19)15-8-5-4-6-9-15/h4-11,14,17,19H,3,12-13H2,1-2H3. The van der Waals surface area contributed by atoms with E-state index in [9.17, 15) is 5.11 Å². The highest BCUT2D eigenvalue weighted by molar-refractivity contribution is 5.17. The molecule has 1 aromatic heterocycles. The molecule has 20 heavy (non-hydrogen) atoms. The molecule has 0 spiro atoms. The van der Waals surface area contributed by atoms with Crippen molar-refractivity contribution in [1.82, 2.24) is 4.90 Å². The first-order valence-electron chi connectivity index (χ1n) is 7.18. The second kappa shape index (κ2) is 7.27. The highest BCUT2D eigenvalue weighted by Gasteiger charge is 2.19. The first kappa shape index (κ1) is 14.8. The van der Waals surface area contributed by atoms with Gasteiger partial charge in [0.15, 0.2) is 0 Å². The summed E-state index contributed by atoms with van der Waals surface area (Å²) in [5.41, 5.74) is 0.981. The van der Waals surface area contributed by atoms with Crippen LogP contribution in [-0.2, 0) is 6.54 Å². The van der Waals surface area contributed by atoms with Crippen LogP contribution in [0.25, 0.3) is 0 Å². The van der Waals surface area contributed by atoms with E-state index in [1.807, 2.05) is 42.5 Å². The minimum atomic E-state index is -0.429. The molecule has 1 N–H and O–H groups in total. The van der Waals surface area contributed by atoms with E-state index >= 15 is 0 Å². The molecule has 0 bridgehead atoms. The number of benzene rings is 1. The summed E-state index contributed by atoms with van der Waals surface area (Å²) in [6.07, 6.45) is 1.27. The Kier molecular flexibility index (Phi) is 5.39. The fourth-order valence-electron chi connectivity index (χ4n) is 2.41. The van der Waals surface area contributed by atoms with Crippen LogP contribution in [0.4, 0.5) is 0 Å². The van der Waals surface area contributed by atoms with Gasteiger partial charge < -0.3 is 9.52 Å². The van der Waals surface area contributed by atoms with Crippen LogP contribution >= 0.6 is 0 Å². The van der Waals surface area contributed by atoms with Gasteiger partial charge in [-0.3, -0.25) is 4.90 Å². The zero-order chi connectivity index (χ0) is 14.4. The second-order valence-electron chi connectivity index (χ2n) is 5.24. The van der Waals surface area contributed by atoms with E-state index in [0.717, 1.165) is 31.0 Å². The minimum absolute atomic E-state index is 0.173. The van der Waals surface area contributed by atoms with Crippen molar-refractivity contribution in [3.05, 3.63) is 60.1 Å². The third-order valence-corrected chi connectivity index (χ3v) is 3.63. The molecular weight excluding hydrogens is 250 g/mol. The largest absolute Gasteiger partial charge is 0.468 e. The molecule has 0 saturated heterocycles. The molecule has 2 atom stereocenters. The van der Waals surface area contributed by atoms with Crippen LogP contribution in [0.1, 0.15) is 31.3 Å². The third kappa shape index (κ3) is 3.95. The van der Waals surface area contributed by atoms with Crippen molar-refractivity contribution in [2.75, 3.05) is 13.1 Å². The third-order valence-electron chi connectivity index (χ3n) is 3.63. The lowest BCUT2D eigenvalue weighted by Crippen LogP contribution is -2.30. The molecule has 108 valence electrons. The van der Waals surface area contributed by atoms with Gasteiger partial charge in [-0.1, -0.05) is 44.2 Å². The maximum absolute atomic E-state index is 10.4. The fraction of sp³-hybridized carbons (Fsp3) is 0.412. The van der Waals surface area contributed by atoms with Gasteiger partial charge in [-0.05, 0) is 30.2 Å². The van der Waals surface area contributed by atoms with Crippen LogP contribution in [0.3, 0.4) is 0 Å². The van der Waals surface area contributed by atoms with E-state index in [1.54, 1.807) is 6.26 Å². The summed E-state index contributed by atoms with van der Waals surface area (Å²) in [6.45, 7) is 6.78. The van der Waals surface area contributed by atoms with Gasteiger partial charge in [-0.15, -0.1) is 0 Å². The van der Waals surface area contributed by atoms with Gasteiger partial charge in [0, 0.05) is 6.54 Å². The Labute approximate surface area is 120 Å². The first-order chi connectivity index (χ1) is 9.70. The summed E-state index contributed by atoms with van der Waals surface area (Å²) in [5.74, 6) is 1.14. The van der Waals surface area contributed by atoms with Crippen LogP contribution in [0.15, 0.2) is 53.1 Å².